The molecule has 0 radical (unpaired) electrons. The molecule has 2 fully saturated rings. The van der Waals surface area contributed by atoms with Crippen LogP contribution in [0.25, 0.3) is 0 Å². The number of aromatic nitrogens is 3. The third-order valence-corrected chi connectivity index (χ3v) is 5.04. The van der Waals surface area contributed by atoms with E-state index in [1.54, 1.807) is 0 Å². The Balaban J connectivity index is 1.32. The molecule has 0 spiro atoms. The van der Waals surface area contributed by atoms with Gasteiger partial charge in [0.25, 0.3) is 0 Å². The van der Waals surface area contributed by atoms with Gasteiger partial charge in [-0.3, -0.25) is 9.59 Å². The molecule has 4 rings (SSSR count). The van der Waals surface area contributed by atoms with Gasteiger partial charge < -0.3 is 10.2 Å². The van der Waals surface area contributed by atoms with Crippen LogP contribution in [0.15, 0.2) is 30.5 Å². The number of nitrogens with zero attached hydrogens (tertiary/aromatic N) is 4. The number of benzene rings is 1. The van der Waals surface area contributed by atoms with Gasteiger partial charge >= 0.3 is 0 Å². The van der Waals surface area contributed by atoms with Gasteiger partial charge in [0.2, 0.25) is 11.8 Å². The maximum Gasteiger partial charge on any atom is 0.227 e. The van der Waals surface area contributed by atoms with Gasteiger partial charge in [-0.25, -0.2) is 4.68 Å². The summed E-state index contributed by atoms with van der Waals surface area (Å²) in [4.78, 5) is 25.6. The van der Waals surface area contributed by atoms with Gasteiger partial charge in [0.15, 0.2) is 0 Å². The molecule has 1 aliphatic heterocycles. The lowest BCUT2D eigenvalue weighted by Crippen LogP contribution is -2.30. The second-order valence-corrected chi connectivity index (χ2v) is 7.23. The molecule has 1 saturated heterocycles. The Labute approximate surface area is 152 Å². The first-order chi connectivity index (χ1) is 12.6. The number of rotatable bonds is 5. The fourth-order valence-corrected chi connectivity index (χ4v) is 3.41. The quantitative estimate of drug-likeness (QED) is 0.893. The largest absolute Gasteiger partial charge is 0.340 e. The van der Waals surface area contributed by atoms with Crippen LogP contribution in [0, 0.1) is 0 Å². The van der Waals surface area contributed by atoms with E-state index in [1.165, 1.54) is 19.8 Å². The van der Waals surface area contributed by atoms with Crippen LogP contribution < -0.4 is 5.32 Å². The Hall–Kier alpha value is -2.70. The standard InChI is InChI=1S/C19H23N5O2/c1-13(25)20-16-6-2-14(3-7-16)10-19(26)23-9-8-17(11-23)24-12-18(21-22-24)15-4-5-15/h2-3,6-7,12,15,17H,4-5,8-11H2,1H3,(H,20,25). The lowest BCUT2D eigenvalue weighted by molar-refractivity contribution is -0.129. The molecule has 26 heavy (non-hydrogen) atoms. The van der Waals surface area contributed by atoms with E-state index < -0.39 is 0 Å². The van der Waals surface area contributed by atoms with Crippen molar-refractivity contribution in [1.82, 2.24) is 19.9 Å². The lowest BCUT2D eigenvalue weighted by atomic mass is 10.1. The summed E-state index contributed by atoms with van der Waals surface area (Å²) in [5.74, 6) is 0.626. The molecular weight excluding hydrogens is 330 g/mol. The summed E-state index contributed by atoms with van der Waals surface area (Å²) in [6.07, 6.45) is 5.78. The van der Waals surface area contributed by atoms with Crippen molar-refractivity contribution in [3.8, 4) is 0 Å². The van der Waals surface area contributed by atoms with E-state index in [4.69, 9.17) is 0 Å². The Kier molecular flexibility index (Phi) is 4.44. The van der Waals surface area contributed by atoms with Crippen LogP contribution in [0.3, 0.4) is 0 Å². The predicted octanol–water partition coefficient (Wildman–Crippen LogP) is 2.13. The molecule has 2 heterocycles. The van der Waals surface area contributed by atoms with Gasteiger partial charge in [0.05, 0.1) is 18.2 Å². The van der Waals surface area contributed by atoms with Crippen molar-refractivity contribution in [2.75, 3.05) is 18.4 Å². The number of carbonyl (C=O) groups is 2. The molecule has 1 saturated carbocycles. The maximum absolute atomic E-state index is 12.6. The Morgan fingerprint density at radius 2 is 1.96 bits per heavy atom. The summed E-state index contributed by atoms with van der Waals surface area (Å²) < 4.78 is 1.93. The summed E-state index contributed by atoms with van der Waals surface area (Å²) in [6.45, 7) is 2.92. The van der Waals surface area contributed by atoms with Crippen molar-refractivity contribution < 1.29 is 9.59 Å². The number of likely N-dealkylation sites (tertiary alicyclic amines) is 1. The van der Waals surface area contributed by atoms with Gasteiger partial charge in [0.1, 0.15) is 0 Å². The van der Waals surface area contributed by atoms with E-state index >= 15 is 0 Å². The summed E-state index contributed by atoms with van der Waals surface area (Å²) in [6, 6.07) is 7.64. The highest BCUT2D eigenvalue weighted by molar-refractivity contribution is 5.88. The van der Waals surface area contributed by atoms with E-state index in [0.29, 0.717) is 18.9 Å². The van der Waals surface area contributed by atoms with Crippen LogP contribution in [0.1, 0.15) is 49.4 Å². The predicted molar refractivity (Wildman–Crippen MR) is 96.7 cm³/mol. The number of amides is 2. The molecule has 2 aromatic rings. The van der Waals surface area contributed by atoms with Crippen molar-refractivity contribution >= 4 is 17.5 Å². The first kappa shape index (κ1) is 16.8. The number of carbonyl (C=O) groups excluding carboxylic acids is 2. The van der Waals surface area contributed by atoms with Gasteiger partial charge in [-0.05, 0) is 37.0 Å². The number of nitrogens with one attached hydrogen (secondary N) is 1. The molecule has 1 unspecified atom stereocenters. The zero-order valence-corrected chi connectivity index (χ0v) is 14.9. The summed E-state index contributed by atoms with van der Waals surface area (Å²) >= 11 is 0. The third kappa shape index (κ3) is 3.76. The van der Waals surface area contributed by atoms with E-state index in [9.17, 15) is 9.59 Å². The highest BCUT2D eigenvalue weighted by atomic mass is 16.2. The fraction of sp³-hybridized carbons (Fsp3) is 0.474. The third-order valence-electron chi connectivity index (χ3n) is 5.04. The smallest absolute Gasteiger partial charge is 0.227 e. The Bertz CT molecular complexity index is 810. The molecular formula is C19H23N5O2. The number of hydrogen-bond acceptors (Lipinski definition) is 4. The molecule has 1 N–H and O–H groups in total. The average molecular weight is 353 g/mol. The lowest BCUT2D eigenvalue weighted by Gasteiger charge is -2.16. The van der Waals surface area contributed by atoms with Gasteiger partial charge in [-0.2, -0.15) is 0 Å². The molecule has 7 heteroatoms. The first-order valence-electron chi connectivity index (χ1n) is 9.14. The van der Waals surface area contributed by atoms with Crippen LogP contribution in [0.4, 0.5) is 5.69 Å². The van der Waals surface area contributed by atoms with Gasteiger partial charge in [0, 0.05) is 37.8 Å². The minimum atomic E-state index is -0.102. The number of anilines is 1. The minimum Gasteiger partial charge on any atom is -0.340 e. The molecule has 7 nitrogen and oxygen atoms in total. The second-order valence-electron chi connectivity index (χ2n) is 7.23. The molecule has 136 valence electrons. The Morgan fingerprint density at radius 1 is 1.19 bits per heavy atom. The van der Waals surface area contributed by atoms with Crippen LogP contribution in [0.2, 0.25) is 0 Å². The van der Waals surface area contributed by atoms with Gasteiger partial charge in [-0.1, -0.05) is 17.3 Å². The normalized spacial score (nSPS) is 19.6. The molecule has 2 aliphatic rings. The van der Waals surface area contributed by atoms with Crippen LogP contribution >= 0.6 is 0 Å². The van der Waals surface area contributed by atoms with Crippen molar-refractivity contribution in [3.63, 3.8) is 0 Å². The van der Waals surface area contributed by atoms with Crippen molar-refractivity contribution in [1.29, 1.82) is 0 Å². The topological polar surface area (TPSA) is 80.1 Å². The van der Waals surface area contributed by atoms with Crippen LogP contribution in [-0.2, 0) is 16.0 Å². The fourth-order valence-electron chi connectivity index (χ4n) is 3.41. The van der Waals surface area contributed by atoms with Crippen molar-refractivity contribution in [2.24, 2.45) is 0 Å². The molecule has 1 aliphatic carbocycles. The van der Waals surface area contributed by atoms with Crippen molar-refractivity contribution in [3.05, 3.63) is 41.7 Å². The minimum absolute atomic E-state index is 0.102. The average Bonchev–Trinajstić information content (AvgIpc) is 3.15. The van der Waals surface area contributed by atoms with E-state index in [0.717, 1.165) is 29.9 Å². The van der Waals surface area contributed by atoms with E-state index in [2.05, 4.69) is 21.8 Å². The van der Waals surface area contributed by atoms with E-state index in [1.807, 2.05) is 33.8 Å². The molecule has 1 aromatic carbocycles. The highest BCUT2D eigenvalue weighted by Gasteiger charge is 2.31. The van der Waals surface area contributed by atoms with Crippen molar-refractivity contribution in [2.45, 2.75) is 44.6 Å². The van der Waals surface area contributed by atoms with Crippen LogP contribution in [0.5, 0.6) is 0 Å². The Morgan fingerprint density at radius 3 is 2.65 bits per heavy atom. The number of hydrogen-bond donors (Lipinski definition) is 1. The summed E-state index contributed by atoms with van der Waals surface area (Å²) in [5, 5.41) is 11.3. The zero-order chi connectivity index (χ0) is 18.1. The van der Waals surface area contributed by atoms with Crippen LogP contribution in [-0.4, -0.2) is 44.8 Å². The SMILES string of the molecule is CC(=O)Nc1ccc(CC(=O)N2CCC(n3cc(C4CC4)nn3)C2)cc1. The second kappa shape index (κ2) is 6.90. The van der Waals surface area contributed by atoms with Gasteiger partial charge in [-0.15, -0.1) is 5.10 Å². The first-order valence-corrected chi connectivity index (χ1v) is 9.14. The summed E-state index contributed by atoms with van der Waals surface area (Å²) in [7, 11) is 0. The highest BCUT2D eigenvalue weighted by Crippen LogP contribution is 2.39. The zero-order valence-electron chi connectivity index (χ0n) is 14.9. The molecule has 0 bridgehead atoms. The van der Waals surface area contributed by atoms with E-state index in [-0.39, 0.29) is 17.9 Å². The molecule has 1 atom stereocenters. The monoisotopic (exact) mass is 353 g/mol. The summed E-state index contributed by atoms with van der Waals surface area (Å²) in [5.41, 5.74) is 2.78. The molecule has 2 amide bonds. The maximum atomic E-state index is 12.6. The molecule has 1 aromatic heterocycles.